The van der Waals surface area contributed by atoms with E-state index in [0.717, 1.165) is 17.0 Å². The van der Waals surface area contributed by atoms with Gasteiger partial charge in [-0.05, 0) is 30.7 Å². The van der Waals surface area contributed by atoms with Crippen molar-refractivity contribution in [3.05, 3.63) is 29.6 Å². The molecule has 3 amide bonds. The number of carbonyl (C=O) groups excluding carboxylic acids is 2. The van der Waals surface area contributed by atoms with Crippen LogP contribution in [0.1, 0.15) is 5.56 Å². The molecule has 0 bridgehead atoms. The summed E-state index contributed by atoms with van der Waals surface area (Å²) in [6.45, 7) is 1.20. The molecule has 0 atom stereocenters. The van der Waals surface area contributed by atoms with Crippen molar-refractivity contribution in [1.82, 2.24) is 14.9 Å². The van der Waals surface area contributed by atoms with E-state index in [1.54, 1.807) is 0 Å². The number of nitrogens with one attached hydrogen (secondary N) is 2. The van der Waals surface area contributed by atoms with Gasteiger partial charge in [-0.25, -0.2) is 22.3 Å². The molecule has 0 unspecified atom stereocenters. The number of urea groups is 1. The molecule has 0 radical (unpaired) electrons. The van der Waals surface area contributed by atoms with Gasteiger partial charge < -0.3 is 5.32 Å². The molecule has 1 aromatic carbocycles. The normalized spacial score (nSPS) is 15.4. The molecule has 1 heterocycles. The van der Waals surface area contributed by atoms with Crippen molar-refractivity contribution in [2.45, 2.75) is 11.8 Å². The summed E-state index contributed by atoms with van der Waals surface area (Å²) in [6.07, 6.45) is 0. The molecule has 1 fully saturated rings. The van der Waals surface area contributed by atoms with E-state index in [4.69, 9.17) is 0 Å². The van der Waals surface area contributed by atoms with Crippen LogP contribution >= 0.6 is 0 Å². The predicted octanol–water partition coefficient (Wildman–Crippen LogP) is -0.0358. The number of benzene rings is 1. The number of hydrogen-bond donors (Lipinski definition) is 2. The van der Waals surface area contributed by atoms with Gasteiger partial charge in [-0.2, -0.15) is 0 Å². The van der Waals surface area contributed by atoms with Crippen LogP contribution in [0.5, 0.6) is 0 Å². The second-order valence-corrected chi connectivity index (χ2v) is 6.28. The summed E-state index contributed by atoms with van der Waals surface area (Å²) in [5.74, 6) is -0.898. The first-order valence-corrected chi connectivity index (χ1v) is 7.63. The zero-order chi connectivity index (χ0) is 15.6. The van der Waals surface area contributed by atoms with Crippen LogP contribution in [0.25, 0.3) is 0 Å². The summed E-state index contributed by atoms with van der Waals surface area (Å²) in [4.78, 5) is 23.4. The summed E-state index contributed by atoms with van der Waals surface area (Å²) < 4.78 is 39.4. The monoisotopic (exact) mass is 315 g/mol. The standard InChI is InChI=1S/C12H14FN3O4S/c1-8-6-9(2-3-10(8)13)21(19,20)15-4-5-16-11(17)7-14-12(16)18/h2-3,6,15H,4-5,7H2,1H3,(H,14,18). The molecule has 21 heavy (non-hydrogen) atoms. The molecule has 1 aliphatic rings. The van der Waals surface area contributed by atoms with Gasteiger partial charge in [0.05, 0.1) is 11.4 Å². The van der Waals surface area contributed by atoms with Crippen LogP contribution in [0, 0.1) is 12.7 Å². The number of nitrogens with zero attached hydrogens (tertiary/aromatic N) is 1. The van der Waals surface area contributed by atoms with Crippen LogP contribution in [0.2, 0.25) is 0 Å². The third-order valence-corrected chi connectivity index (χ3v) is 4.46. The van der Waals surface area contributed by atoms with Crippen molar-refractivity contribution >= 4 is 22.0 Å². The van der Waals surface area contributed by atoms with Crippen LogP contribution in [0.4, 0.5) is 9.18 Å². The lowest BCUT2D eigenvalue weighted by molar-refractivity contribution is -0.124. The number of aryl methyl sites for hydroxylation is 1. The molecule has 114 valence electrons. The van der Waals surface area contributed by atoms with Crippen LogP contribution in [-0.4, -0.2) is 44.9 Å². The highest BCUT2D eigenvalue weighted by molar-refractivity contribution is 7.89. The average molecular weight is 315 g/mol. The van der Waals surface area contributed by atoms with Crippen molar-refractivity contribution in [1.29, 1.82) is 0 Å². The SMILES string of the molecule is Cc1cc(S(=O)(=O)NCCN2C(=O)CNC2=O)ccc1F. The molecule has 1 aromatic rings. The second-order valence-electron chi connectivity index (χ2n) is 4.51. The number of imide groups is 1. The number of amides is 3. The highest BCUT2D eigenvalue weighted by Crippen LogP contribution is 2.13. The van der Waals surface area contributed by atoms with Gasteiger partial charge in [0.1, 0.15) is 5.82 Å². The fourth-order valence-electron chi connectivity index (χ4n) is 1.84. The molecule has 2 N–H and O–H groups in total. The van der Waals surface area contributed by atoms with Gasteiger partial charge in [0.15, 0.2) is 0 Å². The van der Waals surface area contributed by atoms with E-state index in [1.807, 2.05) is 0 Å². The predicted molar refractivity (Wildman–Crippen MR) is 71.4 cm³/mol. The van der Waals surface area contributed by atoms with Gasteiger partial charge in [-0.1, -0.05) is 0 Å². The van der Waals surface area contributed by atoms with Gasteiger partial charge in [0, 0.05) is 13.1 Å². The summed E-state index contributed by atoms with van der Waals surface area (Å²) in [6, 6.07) is 2.89. The van der Waals surface area contributed by atoms with Crippen LogP contribution in [0.15, 0.2) is 23.1 Å². The quantitative estimate of drug-likeness (QED) is 0.746. The van der Waals surface area contributed by atoms with E-state index in [1.165, 1.54) is 13.0 Å². The van der Waals surface area contributed by atoms with Crippen LogP contribution < -0.4 is 10.0 Å². The number of hydrogen-bond acceptors (Lipinski definition) is 4. The first-order chi connectivity index (χ1) is 9.81. The highest BCUT2D eigenvalue weighted by atomic mass is 32.2. The smallest absolute Gasteiger partial charge is 0.324 e. The Morgan fingerprint density at radius 3 is 2.67 bits per heavy atom. The summed E-state index contributed by atoms with van der Waals surface area (Å²) >= 11 is 0. The maximum Gasteiger partial charge on any atom is 0.324 e. The van der Waals surface area contributed by atoms with E-state index in [9.17, 15) is 22.4 Å². The molecule has 0 spiro atoms. The molecule has 1 saturated heterocycles. The lowest BCUT2D eigenvalue weighted by atomic mass is 10.2. The third kappa shape index (κ3) is 3.37. The van der Waals surface area contributed by atoms with Crippen molar-refractivity contribution < 1.29 is 22.4 Å². The van der Waals surface area contributed by atoms with Gasteiger partial charge in [0.2, 0.25) is 15.9 Å². The Morgan fingerprint density at radius 1 is 1.38 bits per heavy atom. The van der Waals surface area contributed by atoms with Crippen LogP contribution in [0.3, 0.4) is 0 Å². The molecule has 2 rings (SSSR count). The van der Waals surface area contributed by atoms with Crippen LogP contribution in [-0.2, 0) is 14.8 Å². The lowest BCUT2D eigenvalue weighted by Gasteiger charge is -2.13. The van der Waals surface area contributed by atoms with Gasteiger partial charge in [-0.3, -0.25) is 9.69 Å². The van der Waals surface area contributed by atoms with Crippen molar-refractivity contribution in [2.24, 2.45) is 0 Å². The summed E-state index contributed by atoms with van der Waals surface area (Å²) in [5.41, 5.74) is 0.215. The Balaban J connectivity index is 2.00. The Hall–Kier alpha value is -2.00. The first kappa shape index (κ1) is 15.4. The molecule has 7 nitrogen and oxygen atoms in total. The lowest BCUT2D eigenvalue weighted by Crippen LogP contribution is -2.38. The van der Waals surface area contributed by atoms with Crippen molar-refractivity contribution in [2.75, 3.05) is 19.6 Å². The Morgan fingerprint density at radius 2 is 2.10 bits per heavy atom. The van der Waals surface area contributed by atoms with Crippen molar-refractivity contribution in [3.63, 3.8) is 0 Å². The minimum absolute atomic E-state index is 0.0654. The zero-order valence-corrected chi connectivity index (χ0v) is 12.0. The zero-order valence-electron chi connectivity index (χ0n) is 11.2. The molecule has 0 aliphatic carbocycles. The van der Waals surface area contributed by atoms with E-state index in [2.05, 4.69) is 10.0 Å². The molecule has 1 aliphatic heterocycles. The Kier molecular flexibility index (Phi) is 4.24. The topological polar surface area (TPSA) is 95.6 Å². The molecule has 0 aromatic heterocycles. The fraction of sp³-hybridized carbons (Fsp3) is 0.333. The molecular weight excluding hydrogens is 301 g/mol. The minimum atomic E-state index is -3.81. The minimum Gasteiger partial charge on any atom is -0.329 e. The highest BCUT2D eigenvalue weighted by Gasteiger charge is 2.28. The van der Waals surface area contributed by atoms with Gasteiger partial charge in [0.25, 0.3) is 0 Å². The van der Waals surface area contributed by atoms with E-state index in [0.29, 0.717) is 0 Å². The number of sulfonamides is 1. The first-order valence-electron chi connectivity index (χ1n) is 6.15. The average Bonchev–Trinajstić information content (AvgIpc) is 2.73. The van der Waals surface area contributed by atoms with Gasteiger partial charge in [-0.15, -0.1) is 0 Å². The maximum absolute atomic E-state index is 13.1. The Bertz CT molecular complexity index is 674. The van der Waals surface area contributed by atoms with Gasteiger partial charge >= 0.3 is 6.03 Å². The molecular formula is C12H14FN3O4S. The largest absolute Gasteiger partial charge is 0.329 e. The summed E-state index contributed by atoms with van der Waals surface area (Å²) in [7, 11) is -3.81. The van der Waals surface area contributed by atoms with E-state index in [-0.39, 0.29) is 30.1 Å². The second kappa shape index (κ2) is 5.78. The molecule has 0 saturated carbocycles. The fourth-order valence-corrected chi connectivity index (χ4v) is 2.95. The van der Waals surface area contributed by atoms with E-state index < -0.39 is 27.8 Å². The number of halogens is 1. The van der Waals surface area contributed by atoms with Crippen molar-refractivity contribution in [3.8, 4) is 0 Å². The number of rotatable bonds is 5. The van der Waals surface area contributed by atoms with E-state index >= 15 is 0 Å². The summed E-state index contributed by atoms with van der Waals surface area (Å²) in [5, 5.41) is 2.33. The Labute approximate surface area is 121 Å². The number of carbonyl (C=O) groups is 2. The molecule has 9 heteroatoms. The maximum atomic E-state index is 13.1. The third-order valence-electron chi connectivity index (χ3n) is 3.00.